The Morgan fingerprint density at radius 2 is 1.83 bits per heavy atom. The molecule has 0 unspecified atom stereocenters. The lowest BCUT2D eigenvalue weighted by Gasteiger charge is -2.26. The average molecular weight is 322 g/mol. The van der Waals surface area contributed by atoms with Gasteiger partial charge in [-0.15, -0.1) is 0 Å². The van der Waals surface area contributed by atoms with Crippen LogP contribution in [0.3, 0.4) is 0 Å². The monoisotopic (exact) mass is 321 g/mol. The molecule has 96 valence electrons. The molecule has 1 aromatic rings. The van der Waals surface area contributed by atoms with Crippen LogP contribution in [0.1, 0.15) is 11.1 Å². The molecular formula is C15H20BrNSi. The second-order valence-corrected chi connectivity index (χ2v) is 12.0. The first-order valence-corrected chi connectivity index (χ1v) is 10.6. The molecule has 1 aromatic carbocycles. The van der Waals surface area contributed by atoms with Gasteiger partial charge in [-0.3, -0.25) is 0 Å². The molecule has 0 bridgehead atoms. The lowest BCUT2D eigenvalue weighted by molar-refractivity contribution is 0.971. The van der Waals surface area contributed by atoms with Crippen molar-refractivity contribution in [1.29, 1.82) is 0 Å². The molecule has 0 amide bonds. The zero-order valence-corrected chi connectivity index (χ0v) is 14.1. The maximum Gasteiger partial charge on any atom is 0.0747 e. The molecule has 1 nitrogen and oxygen atoms in total. The number of nitrogens with one attached hydrogen (secondary N) is 1. The summed E-state index contributed by atoms with van der Waals surface area (Å²) in [6.45, 7) is 10.3. The molecule has 0 aromatic heterocycles. The predicted molar refractivity (Wildman–Crippen MR) is 86.3 cm³/mol. The van der Waals surface area contributed by atoms with Gasteiger partial charge >= 0.3 is 0 Å². The van der Waals surface area contributed by atoms with E-state index in [1.165, 1.54) is 16.8 Å². The zero-order valence-electron chi connectivity index (χ0n) is 11.5. The standard InChI is InChI=1S/C15H20BrNSi/c1-11-7-12(9-13(16)8-11)15-6-5-14(10-17-15)18(2,3)4/h5-9,17H,10H2,1-4H3. The molecule has 1 aliphatic heterocycles. The van der Waals surface area contributed by atoms with Crippen LogP contribution in [0.15, 0.2) is 40.0 Å². The minimum Gasteiger partial charge on any atom is -0.381 e. The fraction of sp³-hybridized carbons (Fsp3) is 0.333. The summed E-state index contributed by atoms with van der Waals surface area (Å²) in [7, 11) is -1.16. The van der Waals surface area contributed by atoms with Gasteiger partial charge in [-0.05, 0) is 42.3 Å². The van der Waals surface area contributed by atoms with Gasteiger partial charge in [-0.25, -0.2) is 0 Å². The van der Waals surface area contributed by atoms with Crippen LogP contribution in [-0.4, -0.2) is 14.6 Å². The molecule has 0 atom stereocenters. The molecule has 2 rings (SSSR count). The molecule has 3 heteroatoms. The van der Waals surface area contributed by atoms with E-state index in [0.717, 1.165) is 11.0 Å². The minimum absolute atomic E-state index is 0.993. The number of hydrogen-bond acceptors (Lipinski definition) is 1. The highest BCUT2D eigenvalue weighted by Crippen LogP contribution is 2.24. The molecule has 0 aliphatic carbocycles. The predicted octanol–water partition coefficient (Wildman–Crippen LogP) is 4.51. The molecule has 18 heavy (non-hydrogen) atoms. The number of allylic oxidation sites excluding steroid dienone is 2. The molecule has 0 radical (unpaired) electrons. The maximum atomic E-state index is 3.56. The van der Waals surface area contributed by atoms with Gasteiger partial charge in [0.05, 0.1) is 8.07 Å². The Balaban J connectivity index is 2.31. The second-order valence-electron chi connectivity index (χ2n) is 5.89. The number of benzene rings is 1. The minimum atomic E-state index is -1.16. The van der Waals surface area contributed by atoms with Crippen LogP contribution in [0.2, 0.25) is 19.6 Å². The van der Waals surface area contributed by atoms with Crippen molar-refractivity contribution in [3.05, 3.63) is 51.1 Å². The van der Waals surface area contributed by atoms with Gasteiger partial charge < -0.3 is 5.32 Å². The Hall–Kier alpha value is -0.803. The van der Waals surface area contributed by atoms with Crippen LogP contribution in [-0.2, 0) is 0 Å². The molecule has 0 fully saturated rings. The number of rotatable bonds is 2. The summed E-state index contributed by atoms with van der Waals surface area (Å²) >= 11 is 3.56. The number of hydrogen-bond donors (Lipinski definition) is 1. The Morgan fingerprint density at radius 3 is 2.33 bits per heavy atom. The number of aryl methyl sites for hydroxylation is 1. The Labute approximate surface area is 119 Å². The van der Waals surface area contributed by atoms with Crippen LogP contribution < -0.4 is 5.32 Å². The van der Waals surface area contributed by atoms with Crippen LogP contribution in [0.4, 0.5) is 0 Å². The van der Waals surface area contributed by atoms with E-state index in [1.54, 1.807) is 5.20 Å². The number of dihydropyridines is 1. The Morgan fingerprint density at radius 1 is 1.11 bits per heavy atom. The van der Waals surface area contributed by atoms with Gasteiger partial charge in [0, 0.05) is 16.7 Å². The van der Waals surface area contributed by atoms with E-state index in [1.807, 2.05) is 0 Å². The number of halogens is 1. The fourth-order valence-corrected chi connectivity index (χ4v) is 3.91. The highest BCUT2D eigenvalue weighted by molar-refractivity contribution is 9.10. The van der Waals surface area contributed by atoms with Crippen LogP contribution in [0.25, 0.3) is 5.70 Å². The third-order valence-electron chi connectivity index (χ3n) is 3.24. The van der Waals surface area contributed by atoms with Gasteiger partial charge in [-0.2, -0.15) is 0 Å². The van der Waals surface area contributed by atoms with Crippen LogP contribution in [0, 0.1) is 6.92 Å². The first-order valence-electron chi connectivity index (χ1n) is 6.29. The quantitative estimate of drug-likeness (QED) is 0.790. The summed E-state index contributed by atoms with van der Waals surface area (Å²) in [6.07, 6.45) is 4.53. The van der Waals surface area contributed by atoms with Crippen molar-refractivity contribution in [2.24, 2.45) is 0 Å². The van der Waals surface area contributed by atoms with E-state index in [0.29, 0.717) is 0 Å². The summed E-state index contributed by atoms with van der Waals surface area (Å²) in [4.78, 5) is 0. The van der Waals surface area contributed by atoms with Crippen molar-refractivity contribution in [2.75, 3.05) is 6.54 Å². The topological polar surface area (TPSA) is 12.0 Å². The average Bonchev–Trinajstić information content (AvgIpc) is 2.27. The van der Waals surface area contributed by atoms with Gasteiger partial charge in [0.15, 0.2) is 0 Å². The van der Waals surface area contributed by atoms with E-state index in [2.05, 4.69) is 78.2 Å². The normalized spacial score (nSPS) is 15.8. The summed E-state index contributed by atoms with van der Waals surface area (Å²) in [5, 5.41) is 5.13. The van der Waals surface area contributed by atoms with Crippen molar-refractivity contribution in [3.63, 3.8) is 0 Å². The van der Waals surface area contributed by atoms with E-state index >= 15 is 0 Å². The third kappa shape index (κ3) is 3.15. The van der Waals surface area contributed by atoms with E-state index < -0.39 is 8.07 Å². The SMILES string of the molecule is Cc1cc(Br)cc(C2=CC=C([Si](C)(C)C)CN2)c1. The smallest absolute Gasteiger partial charge is 0.0747 e. The van der Waals surface area contributed by atoms with Crippen LogP contribution >= 0.6 is 15.9 Å². The van der Waals surface area contributed by atoms with Gasteiger partial charge in [0.25, 0.3) is 0 Å². The first kappa shape index (κ1) is 13.6. The lowest BCUT2D eigenvalue weighted by Crippen LogP contribution is -2.33. The second kappa shape index (κ2) is 5.06. The largest absolute Gasteiger partial charge is 0.381 e. The molecule has 0 saturated heterocycles. The zero-order chi connectivity index (χ0) is 13.3. The molecule has 1 heterocycles. The molecular weight excluding hydrogens is 302 g/mol. The maximum absolute atomic E-state index is 3.56. The summed E-state index contributed by atoms with van der Waals surface area (Å²) in [5.41, 5.74) is 3.76. The van der Waals surface area contributed by atoms with Gasteiger partial charge in [0.1, 0.15) is 0 Å². The third-order valence-corrected chi connectivity index (χ3v) is 5.96. The summed E-state index contributed by atoms with van der Waals surface area (Å²) < 4.78 is 1.14. The first-order chi connectivity index (χ1) is 8.36. The Bertz CT molecular complexity index is 504. The van der Waals surface area contributed by atoms with E-state index in [9.17, 15) is 0 Å². The molecule has 1 aliphatic rings. The van der Waals surface area contributed by atoms with E-state index in [-0.39, 0.29) is 0 Å². The molecule has 1 N–H and O–H groups in total. The van der Waals surface area contributed by atoms with Crippen molar-refractivity contribution >= 4 is 29.7 Å². The fourth-order valence-electron chi connectivity index (χ4n) is 2.10. The summed E-state index contributed by atoms with van der Waals surface area (Å²) in [6, 6.07) is 6.52. The van der Waals surface area contributed by atoms with E-state index in [4.69, 9.17) is 0 Å². The van der Waals surface area contributed by atoms with Crippen molar-refractivity contribution in [1.82, 2.24) is 5.32 Å². The van der Waals surface area contributed by atoms with Crippen molar-refractivity contribution < 1.29 is 0 Å². The van der Waals surface area contributed by atoms with Crippen LogP contribution in [0.5, 0.6) is 0 Å². The lowest BCUT2D eigenvalue weighted by atomic mass is 10.1. The van der Waals surface area contributed by atoms with Gasteiger partial charge in [0.2, 0.25) is 0 Å². The molecule has 0 saturated carbocycles. The van der Waals surface area contributed by atoms with Crippen molar-refractivity contribution in [3.8, 4) is 0 Å². The highest BCUT2D eigenvalue weighted by atomic mass is 79.9. The highest BCUT2D eigenvalue weighted by Gasteiger charge is 2.21. The van der Waals surface area contributed by atoms with Crippen molar-refractivity contribution in [2.45, 2.75) is 26.6 Å². The van der Waals surface area contributed by atoms with Gasteiger partial charge in [-0.1, -0.05) is 46.8 Å². The summed E-state index contributed by atoms with van der Waals surface area (Å²) in [5.74, 6) is 0. The molecule has 0 spiro atoms. The Kier molecular flexibility index (Phi) is 3.83.